The van der Waals surface area contributed by atoms with Gasteiger partial charge in [0.25, 0.3) is 0 Å². The number of likely N-dealkylation sites (tertiary alicyclic amines) is 1. The van der Waals surface area contributed by atoms with Crippen molar-refractivity contribution in [2.24, 2.45) is 5.92 Å². The van der Waals surface area contributed by atoms with E-state index in [2.05, 4.69) is 0 Å². The first-order valence-electron chi connectivity index (χ1n) is 9.46. The van der Waals surface area contributed by atoms with Gasteiger partial charge < -0.3 is 18.9 Å². The second-order valence-corrected chi connectivity index (χ2v) is 6.29. The molecule has 2 rings (SSSR count). The second-order valence-electron chi connectivity index (χ2n) is 6.29. The Bertz CT molecular complexity index is 579. The Balaban J connectivity index is 1.76. The molecular weight excluding hydrogens is 350 g/mol. The van der Waals surface area contributed by atoms with Gasteiger partial charge >= 0.3 is 12.1 Å². The van der Waals surface area contributed by atoms with Crippen LogP contribution in [0.1, 0.15) is 32.3 Å². The Morgan fingerprint density at radius 2 is 1.81 bits per heavy atom. The Hall–Kier alpha value is -2.12. The van der Waals surface area contributed by atoms with Crippen LogP contribution in [0.2, 0.25) is 0 Å². The number of esters is 1. The highest BCUT2D eigenvalue weighted by molar-refractivity contribution is 5.82. The fourth-order valence-electron chi connectivity index (χ4n) is 3.20. The molecule has 2 atom stereocenters. The van der Waals surface area contributed by atoms with Crippen LogP contribution >= 0.6 is 0 Å². The third kappa shape index (κ3) is 6.52. The Kier molecular flexibility index (Phi) is 9.07. The zero-order valence-corrected chi connectivity index (χ0v) is 16.1. The van der Waals surface area contributed by atoms with Gasteiger partial charge in [0.15, 0.2) is 0 Å². The van der Waals surface area contributed by atoms with Gasteiger partial charge in [0, 0.05) is 13.2 Å². The Labute approximate surface area is 160 Å². The van der Waals surface area contributed by atoms with Crippen molar-refractivity contribution in [2.45, 2.75) is 39.3 Å². The standard InChI is InChI=1S/C20H29NO6/c1-3-26-19(22)18-17(10-12-21(18)20(23)27-4-2)11-13-24-15-25-14-16-8-6-5-7-9-16/h5-9,17-18H,3-4,10-15H2,1-2H3/t17-,18+/m1/s1. The number of amides is 1. The normalized spacial score (nSPS) is 19.1. The van der Waals surface area contributed by atoms with E-state index < -0.39 is 12.1 Å². The molecule has 1 aliphatic rings. The molecule has 0 aromatic heterocycles. The van der Waals surface area contributed by atoms with Crippen LogP contribution in [0.5, 0.6) is 0 Å². The summed E-state index contributed by atoms with van der Waals surface area (Å²) in [6.07, 6.45) is 0.898. The summed E-state index contributed by atoms with van der Waals surface area (Å²) in [6.45, 7) is 5.67. The predicted octanol–water partition coefficient (Wildman–Crippen LogP) is 2.98. The van der Waals surface area contributed by atoms with E-state index in [1.54, 1.807) is 13.8 Å². The number of hydrogen-bond acceptors (Lipinski definition) is 6. The van der Waals surface area contributed by atoms with Crippen LogP contribution in [0.15, 0.2) is 30.3 Å². The molecule has 0 radical (unpaired) electrons. The quantitative estimate of drug-likeness (QED) is 0.353. The van der Waals surface area contributed by atoms with Crippen LogP contribution < -0.4 is 0 Å². The van der Waals surface area contributed by atoms with Gasteiger partial charge in [0.05, 0.1) is 19.8 Å². The van der Waals surface area contributed by atoms with Crippen molar-refractivity contribution < 1.29 is 28.5 Å². The highest BCUT2D eigenvalue weighted by atomic mass is 16.7. The number of rotatable bonds is 10. The fraction of sp³-hybridized carbons (Fsp3) is 0.600. The molecule has 1 heterocycles. The SMILES string of the molecule is CCOC(=O)[C@@H]1[C@@H](CCOCOCc2ccccc2)CCN1C(=O)OCC. The third-order valence-electron chi connectivity index (χ3n) is 4.46. The number of nitrogens with zero attached hydrogens (tertiary/aromatic N) is 1. The third-order valence-corrected chi connectivity index (χ3v) is 4.46. The topological polar surface area (TPSA) is 74.3 Å². The summed E-state index contributed by atoms with van der Waals surface area (Å²) in [7, 11) is 0. The van der Waals surface area contributed by atoms with Crippen molar-refractivity contribution in [1.29, 1.82) is 0 Å². The lowest BCUT2D eigenvalue weighted by molar-refractivity contribution is -0.149. The zero-order valence-electron chi connectivity index (χ0n) is 16.1. The minimum Gasteiger partial charge on any atom is -0.464 e. The van der Waals surface area contributed by atoms with E-state index >= 15 is 0 Å². The maximum Gasteiger partial charge on any atom is 0.410 e. The molecule has 1 saturated heterocycles. The molecule has 0 unspecified atom stereocenters. The van der Waals surface area contributed by atoms with E-state index in [1.807, 2.05) is 30.3 Å². The van der Waals surface area contributed by atoms with Crippen molar-refractivity contribution in [3.8, 4) is 0 Å². The lowest BCUT2D eigenvalue weighted by Crippen LogP contribution is -2.44. The average Bonchev–Trinajstić information content (AvgIpc) is 3.10. The van der Waals surface area contributed by atoms with Crippen LogP contribution in [0.3, 0.4) is 0 Å². The molecule has 0 aliphatic carbocycles. The maximum atomic E-state index is 12.3. The van der Waals surface area contributed by atoms with Crippen molar-refractivity contribution in [3.05, 3.63) is 35.9 Å². The molecule has 27 heavy (non-hydrogen) atoms. The summed E-state index contributed by atoms with van der Waals surface area (Å²) < 4.78 is 21.2. The molecule has 7 nitrogen and oxygen atoms in total. The number of benzene rings is 1. The zero-order chi connectivity index (χ0) is 19.5. The van der Waals surface area contributed by atoms with Crippen molar-refractivity contribution >= 4 is 12.1 Å². The number of hydrogen-bond donors (Lipinski definition) is 0. The van der Waals surface area contributed by atoms with Crippen LogP contribution in [0, 0.1) is 5.92 Å². The predicted molar refractivity (Wildman–Crippen MR) is 98.9 cm³/mol. The Morgan fingerprint density at radius 1 is 1.07 bits per heavy atom. The molecule has 0 saturated carbocycles. The molecule has 1 amide bonds. The van der Waals surface area contributed by atoms with Gasteiger partial charge in [-0.1, -0.05) is 30.3 Å². The first-order chi connectivity index (χ1) is 13.2. The highest BCUT2D eigenvalue weighted by Gasteiger charge is 2.43. The fourth-order valence-corrected chi connectivity index (χ4v) is 3.20. The molecule has 1 aromatic rings. The maximum absolute atomic E-state index is 12.3. The van der Waals surface area contributed by atoms with Gasteiger partial charge in [0.2, 0.25) is 0 Å². The van der Waals surface area contributed by atoms with E-state index in [0.29, 0.717) is 26.2 Å². The number of carbonyl (C=O) groups is 2. The molecule has 0 bridgehead atoms. The second kappa shape index (κ2) is 11.6. The number of carbonyl (C=O) groups excluding carboxylic acids is 2. The van der Waals surface area contributed by atoms with E-state index in [4.69, 9.17) is 18.9 Å². The summed E-state index contributed by atoms with van der Waals surface area (Å²) in [4.78, 5) is 25.9. The molecule has 1 aromatic carbocycles. The minimum absolute atomic E-state index is 0.0115. The monoisotopic (exact) mass is 379 g/mol. The van der Waals surface area contributed by atoms with Crippen LogP contribution in [-0.4, -0.2) is 56.2 Å². The van der Waals surface area contributed by atoms with Gasteiger partial charge in [-0.25, -0.2) is 9.59 Å². The smallest absolute Gasteiger partial charge is 0.410 e. The summed E-state index contributed by atoms with van der Waals surface area (Å²) in [6, 6.07) is 9.26. The van der Waals surface area contributed by atoms with E-state index in [0.717, 1.165) is 12.0 Å². The van der Waals surface area contributed by atoms with E-state index in [-0.39, 0.29) is 31.9 Å². The first kappa shape index (κ1) is 21.2. The number of ether oxygens (including phenoxy) is 4. The van der Waals surface area contributed by atoms with Crippen molar-refractivity contribution in [1.82, 2.24) is 4.90 Å². The lowest BCUT2D eigenvalue weighted by atomic mass is 9.97. The molecule has 0 N–H and O–H groups in total. The van der Waals surface area contributed by atoms with Gasteiger partial charge in [0.1, 0.15) is 12.8 Å². The van der Waals surface area contributed by atoms with Crippen molar-refractivity contribution in [3.63, 3.8) is 0 Å². The van der Waals surface area contributed by atoms with Crippen LogP contribution in [-0.2, 0) is 30.3 Å². The molecule has 1 fully saturated rings. The first-order valence-corrected chi connectivity index (χ1v) is 9.46. The van der Waals surface area contributed by atoms with Gasteiger partial charge in [-0.05, 0) is 38.2 Å². The van der Waals surface area contributed by atoms with Crippen LogP contribution in [0.25, 0.3) is 0 Å². The van der Waals surface area contributed by atoms with Gasteiger partial charge in [-0.3, -0.25) is 4.90 Å². The lowest BCUT2D eigenvalue weighted by Gasteiger charge is -2.25. The summed E-state index contributed by atoms with van der Waals surface area (Å²) >= 11 is 0. The molecule has 7 heteroatoms. The minimum atomic E-state index is -0.613. The molecule has 1 aliphatic heterocycles. The van der Waals surface area contributed by atoms with Crippen molar-refractivity contribution in [2.75, 3.05) is 33.2 Å². The Morgan fingerprint density at radius 3 is 2.52 bits per heavy atom. The van der Waals surface area contributed by atoms with E-state index in [9.17, 15) is 9.59 Å². The van der Waals surface area contributed by atoms with Gasteiger partial charge in [-0.2, -0.15) is 0 Å². The largest absolute Gasteiger partial charge is 0.464 e. The van der Waals surface area contributed by atoms with E-state index in [1.165, 1.54) is 4.90 Å². The van der Waals surface area contributed by atoms with Crippen LogP contribution in [0.4, 0.5) is 4.79 Å². The van der Waals surface area contributed by atoms with Gasteiger partial charge in [-0.15, -0.1) is 0 Å². The molecule has 150 valence electrons. The highest BCUT2D eigenvalue weighted by Crippen LogP contribution is 2.29. The molecular formula is C20H29NO6. The average molecular weight is 379 g/mol. The molecule has 0 spiro atoms. The summed E-state index contributed by atoms with van der Waals surface area (Å²) in [5, 5.41) is 0. The summed E-state index contributed by atoms with van der Waals surface area (Å²) in [5.41, 5.74) is 1.09. The summed E-state index contributed by atoms with van der Waals surface area (Å²) in [5.74, 6) is -0.393.